The lowest BCUT2D eigenvalue weighted by molar-refractivity contribution is -0.121. The normalized spacial score (nSPS) is 21.6. The van der Waals surface area contributed by atoms with Gasteiger partial charge >= 0.3 is 0 Å². The van der Waals surface area contributed by atoms with Crippen molar-refractivity contribution in [3.05, 3.63) is 0 Å². The molecule has 7 heteroatoms. The van der Waals surface area contributed by atoms with E-state index < -0.39 is 10.0 Å². The van der Waals surface area contributed by atoms with Crippen molar-refractivity contribution in [2.24, 2.45) is 5.92 Å². The molecular formula is C12H25N3O3S. The zero-order valence-electron chi connectivity index (χ0n) is 12.1. The summed E-state index contributed by atoms with van der Waals surface area (Å²) in [5.74, 6) is 0.471. The van der Waals surface area contributed by atoms with Crippen LogP contribution in [-0.2, 0) is 14.8 Å². The number of carbonyl (C=O) groups is 1. The lowest BCUT2D eigenvalue weighted by Crippen LogP contribution is -2.43. The molecule has 0 saturated carbocycles. The van der Waals surface area contributed by atoms with Crippen molar-refractivity contribution in [3.8, 4) is 0 Å². The van der Waals surface area contributed by atoms with Gasteiger partial charge in [-0.25, -0.2) is 8.42 Å². The van der Waals surface area contributed by atoms with Gasteiger partial charge in [-0.05, 0) is 25.3 Å². The Hall–Kier alpha value is -0.660. The minimum Gasteiger partial charge on any atom is -0.354 e. The summed E-state index contributed by atoms with van der Waals surface area (Å²) in [6.07, 6.45) is 3.59. The van der Waals surface area contributed by atoms with Gasteiger partial charge in [0.25, 0.3) is 0 Å². The van der Waals surface area contributed by atoms with Crippen molar-refractivity contribution < 1.29 is 13.2 Å². The average molecular weight is 291 g/mol. The first-order valence-electron chi connectivity index (χ1n) is 6.69. The Kier molecular flexibility index (Phi) is 6.22. The van der Waals surface area contributed by atoms with Crippen LogP contribution in [0.5, 0.6) is 0 Å². The highest BCUT2D eigenvalue weighted by atomic mass is 32.2. The standard InChI is InChI=1S/C12H25N3O3S/c1-11-5-4-7-15(9-11)8-6-13-12(16)10-14(2)19(3,17)18/h11H,4-10H2,1-3H3,(H,13,16). The Morgan fingerprint density at radius 3 is 2.74 bits per heavy atom. The van der Waals surface area contributed by atoms with E-state index in [0.29, 0.717) is 6.54 Å². The topological polar surface area (TPSA) is 69.7 Å². The van der Waals surface area contributed by atoms with Gasteiger partial charge < -0.3 is 10.2 Å². The number of likely N-dealkylation sites (tertiary alicyclic amines) is 1. The molecule has 1 atom stereocenters. The molecule has 1 saturated heterocycles. The molecule has 1 amide bonds. The van der Waals surface area contributed by atoms with Gasteiger partial charge in [-0.2, -0.15) is 4.31 Å². The summed E-state index contributed by atoms with van der Waals surface area (Å²) >= 11 is 0. The van der Waals surface area contributed by atoms with Crippen molar-refractivity contribution in [1.29, 1.82) is 0 Å². The van der Waals surface area contributed by atoms with E-state index in [9.17, 15) is 13.2 Å². The SMILES string of the molecule is CC1CCCN(CCNC(=O)CN(C)S(C)(=O)=O)C1. The number of piperidine rings is 1. The van der Waals surface area contributed by atoms with E-state index in [1.807, 2.05) is 0 Å². The van der Waals surface area contributed by atoms with Gasteiger partial charge in [0.15, 0.2) is 0 Å². The summed E-state index contributed by atoms with van der Waals surface area (Å²) in [6.45, 7) is 5.70. The van der Waals surface area contributed by atoms with Gasteiger partial charge in [0, 0.05) is 26.7 Å². The maximum Gasteiger partial charge on any atom is 0.235 e. The third-order valence-corrected chi connectivity index (χ3v) is 4.69. The summed E-state index contributed by atoms with van der Waals surface area (Å²) in [4.78, 5) is 13.9. The van der Waals surface area contributed by atoms with Crippen LogP contribution in [-0.4, -0.2) is 69.6 Å². The van der Waals surface area contributed by atoms with Crippen LogP contribution in [0, 0.1) is 5.92 Å². The average Bonchev–Trinajstić information content (AvgIpc) is 2.27. The summed E-state index contributed by atoms with van der Waals surface area (Å²) < 4.78 is 23.4. The van der Waals surface area contributed by atoms with Crippen LogP contribution >= 0.6 is 0 Å². The van der Waals surface area contributed by atoms with Crippen molar-refractivity contribution in [2.45, 2.75) is 19.8 Å². The summed E-state index contributed by atoms with van der Waals surface area (Å²) in [7, 11) is -1.88. The van der Waals surface area contributed by atoms with Crippen molar-refractivity contribution in [2.75, 3.05) is 46.0 Å². The van der Waals surface area contributed by atoms with Crippen LogP contribution in [0.4, 0.5) is 0 Å². The van der Waals surface area contributed by atoms with E-state index in [-0.39, 0.29) is 12.5 Å². The summed E-state index contributed by atoms with van der Waals surface area (Å²) in [5.41, 5.74) is 0. The molecule has 0 aromatic heterocycles. The molecule has 0 aliphatic carbocycles. The first-order valence-corrected chi connectivity index (χ1v) is 8.54. The Labute approximate surface area is 116 Å². The maximum atomic E-state index is 11.6. The zero-order valence-corrected chi connectivity index (χ0v) is 12.9. The van der Waals surface area contributed by atoms with Crippen LogP contribution in [0.3, 0.4) is 0 Å². The molecular weight excluding hydrogens is 266 g/mol. The molecule has 1 unspecified atom stereocenters. The van der Waals surface area contributed by atoms with Gasteiger partial charge in [-0.1, -0.05) is 6.92 Å². The second kappa shape index (κ2) is 7.21. The van der Waals surface area contributed by atoms with Crippen LogP contribution in [0.1, 0.15) is 19.8 Å². The first-order chi connectivity index (χ1) is 8.79. The molecule has 0 aromatic rings. The molecule has 0 bridgehead atoms. The number of rotatable bonds is 6. The molecule has 1 fully saturated rings. The predicted octanol–water partition coefficient (Wildman–Crippen LogP) is -0.274. The molecule has 0 aromatic carbocycles. The molecule has 6 nitrogen and oxygen atoms in total. The summed E-state index contributed by atoms with van der Waals surface area (Å²) in [6, 6.07) is 0. The predicted molar refractivity (Wildman–Crippen MR) is 75.3 cm³/mol. The summed E-state index contributed by atoms with van der Waals surface area (Å²) in [5, 5.41) is 2.76. The molecule has 112 valence electrons. The molecule has 0 radical (unpaired) electrons. The molecule has 1 aliphatic heterocycles. The number of hydrogen-bond acceptors (Lipinski definition) is 4. The number of sulfonamides is 1. The molecule has 19 heavy (non-hydrogen) atoms. The van der Waals surface area contributed by atoms with Crippen LogP contribution in [0.2, 0.25) is 0 Å². The Morgan fingerprint density at radius 2 is 2.16 bits per heavy atom. The fraction of sp³-hybridized carbons (Fsp3) is 0.917. The lowest BCUT2D eigenvalue weighted by atomic mass is 10.0. The Balaban J connectivity index is 2.20. The number of likely N-dealkylation sites (N-methyl/N-ethyl adjacent to an activating group) is 1. The number of nitrogens with one attached hydrogen (secondary N) is 1. The quantitative estimate of drug-likeness (QED) is 0.731. The monoisotopic (exact) mass is 291 g/mol. The second-order valence-electron chi connectivity index (χ2n) is 5.42. The molecule has 1 heterocycles. The number of amides is 1. The highest BCUT2D eigenvalue weighted by Gasteiger charge is 2.17. The maximum absolute atomic E-state index is 11.6. The number of nitrogens with zero attached hydrogens (tertiary/aromatic N) is 2. The van der Waals surface area contributed by atoms with Crippen LogP contribution in [0.25, 0.3) is 0 Å². The highest BCUT2D eigenvalue weighted by molar-refractivity contribution is 7.88. The smallest absolute Gasteiger partial charge is 0.235 e. The number of carbonyl (C=O) groups excluding carboxylic acids is 1. The minimum absolute atomic E-state index is 0.116. The van der Waals surface area contributed by atoms with E-state index >= 15 is 0 Å². The molecule has 1 rings (SSSR count). The largest absolute Gasteiger partial charge is 0.354 e. The van der Waals surface area contributed by atoms with Crippen molar-refractivity contribution in [1.82, 2.24) is 14.5 Å². The van der Waals surface area contributed by atoms with E-state index in [0.717, 1.165) is 36.1 Å². The molecule has 0 spiro atoms. The van der Waals surface area contributed by atoms with E-state index in [1.165, 1.54) is 19.9 Å². The van der Waals surface area contributed by atoms with Gasteiger partial charge in [0.05, 0.1) is 12.8 Å². The van der Waals surface area contributed by atoms with Crippen LogP contribution in [0.15, 0.2) is 0 Å². The molecule has 1 N–H and O–H groups in total. The van der Waals surface area contributed by atoms with E-state index in [4.69, 9.17) is 0 Å². The fourth-order valence-electron chi connectivity index (χ4n) is 2.22. The Morgan fingerprint density at radius 1 is 1.47 bits per heavy atom. The highest BCUT2D eigenvalue weighted by Crippen LogP contribution is 2.14. The van der Waals surface area contributed by atoms with Gasteiger partial charge in [-0.3, -0.25) is 4.79 Å². The van der Waals surface area contributed by atoms with Gasteiger partial charge in [0.1, 0.15) is 0 Å². The lowest BCUT2D eigenvalue weighted by Gasteiger charge is -2.30. The molecule has 1 aliphatic rings. The second-order valence-corrected chi connectivity index (χ2v) is 7.51. The fourth-order valence-corrected chi connectivity index (χ4v) is 2.57. The minimum atomic E-state index is -3.29. The van der Waals surface area contributed by atoms with Crippen molar-refractivity contribution >= 4 is 15.9 Å². The van der Waals surface area contributed by atoms with E-state index in [2.05, 4.69) is 17.1 Å². The zero-order chi connectivity index (χ0) is 14.5. The third kappa shape index (κ3) is 6.35. The Bertz CT molecular complexity index is 397. The van der Waals surface area contributed by atoms with Crippen molar-refractivity contribution in [3.63, 3.8) is 0 Å². The number of hydrogen-bond donors (Lipinski definition) is 1. The van der Waals surface area contributed by atoms with Crippen LogP contribution < -0.4 is 5.32 Å². The van der Waals surface area contributed by atoms with Gasteiger partial charge in [0.2, 0.25) is 15.9 Å². The van der Waals surface area contributed by atoms with E-state index in [1.54, 1.807) is 0 Å². The first kappa shape index (κ1) is 16.4. The third-order valence-electron chi connectivity index (χ3n) is 3.42. The van der Waals surface area contributed by atoms with Gasteiger partial charge in [-0.15, -0.1) is 0 Å².